The highest BCUT2D eigenvalue weighted by atomic mass is 16.5. The molecule has 0 atom stereocenters. The van der Waals surface area contributed by atoms with Crippen molar-refractivity contribution in [2.75, 3.05) is 6.61 Å². The first kappa shape index (κ1) is 15.5. The molecule has 2 aromatic rings. The third kappa shape index (κ3) is 4.04. The minimum Gasteiger partial charge on any atom is -0.466 e. The van der Waals surface area contributed by atoms with Crippen LogP contribution in [0.5, 0.6) is 0 Å². The van der Waals surface area contributed by atoms with E-state index in [4.69, 9.17) is 4.74 Å². The summed E-state index contributed by atoms with van der Waals surface area (Å²) in [6.07, 6.45) is 7.01. The van der Waals surface area contributed by atoms with Gasteiger partial charge in [0.2, 0.25) is 0 Å². The van der Waals surface area contributed by atoms with Crippen LogP contribution in [0.1, 0.15) is 38.2 Å². The SMILES string of the molecule is CCOC(=O)CCCCCn1cc(CO)c2cccnc21. The predicted octanol–water partition coefficient (Wildman–Crippen LogP) is 2.65. The zero-order chi connectivity index (χ0) is 15.1. The number of aryl methyl sites for hydroxylation is 1. The summed E-state index contributed by atoms with van der Waals surface area (Å²) in [6, 6.07) is 3.86. The molecule has 0 fully saturated rings. The molecule has 0 saturated carbocycles. The molecule has 0 radical (unpaired) electrons. The van der Waals surface area contributed by atoms with Crippen molar-refractivity contribution < 1.29 is 14.6 Å². The van der Waals surface area contributed by atoms with E-state index in [0.717, 1.165) is 42.4 Å². The first-order chi connectivity index (χ1) is 10.3. The van der Waals surface area contributed by atoms with E-state index in [1.165, 1.54) is 0 Å². The Morgan fingerprint density at radius 3 is 3.00 bits per heavy atom. The second-order valence-electron chi connectivity index (χ2n) is 5.00. The molecule has 5 heteroatoms. The second-order valence-corrected chi connectivity index (χ2v) is 5.00. The Morgan fingerprint density at radius 2 is 2.24 bits per heavy atom. The van der Waals surface area contributed by atoms with Gasteiger partial charge in [-0.15, -0.1) is 0 Å². The number of aliphatic hydroxyl groups is 1. The molecule has 1 N–H and O–H groups in total. The number of hydrogen-bond acceptors (Lipinski definition) is 4. The first-order valence-electron chi connectivity index (χ1n) is 7.45. The molecule has 0 bridgehead atoms. The summed E-state index contributed by atoms with van der Waals surface area (Å²) < 4.78 is 6.97. The summed E-state index contributed by atoms with van der Waals surface area (Å²) in [6.45, 7) is 3.14. The summed E-state index contributed by atoms with van der Waals surface area (Å²) in [5.41, 5.74) is 1.82. The van der Waals surface area contributed by atoms with E-state index in [1.807, 2.05) is 25.3 Å². The number of nitrogens with zero attached hydrogens (tertiary/aromatic N) is 2. The Balaban J connectivity index is 1.85. The van der Waals surface area contributed by atoms with E-state index in [1.54, 1.807) is 6.20 Å². The number of fused-ring (bicyclic) bond motifs is 1. The molecule has 21 heavy (non-hydrogen) atoms. The van der Waals surface area contributed by atoms with Gasteiger partial charge < -0.3 is 14.4 Å². The third-order valence-electron chi connectivity index (χ3n) is 3.47. The Bertz CT molecular complexity index is 592. The van der Waals surface area contributed by atoms with Gasteiger partial charge in [-0.2, -0.15) is 0 Å². The number of rotatable bonds is 8. The molecular weight excluding hydrogens is 268 g/mol. The average molecular weight is 290 g/mol. The van der Waals surface area contributed by atoms with Crippen LogP contribution < -0.4 is 0 Å². The van der Waals surface area contributed by atoms with Crippen LogP contribution in [0.25, 0.3) is 11.0 Å². The van der Waals surface area contributed by atoms with Crippen LogP contribution in [0.15, 0.2) is 24.5 Å². The fourth-order valence-electron chi connectivity index (χ4n) is 2.45. The van der Waals surface area contributed by atoms with Crippen LogP contribution in [0.4, 0.5) is 0 Å². The first-order valence-corrected chi connectivity index (χ1v) is 7.45. The van der Waals surface area contributed by atoms with E-state index >= 15 is 0 Å². The lowest BCUT2D eigenvalue weighted by Crippen LogP contribution is -2.03. The highest BCUT2D eigenvalue weighted by Crippen LogP contribution is 2.20. The van der Waals surface area contributed by atoms with E-state index in [-0.39, 0.29) is 12.6 Å². The van der Waals surface area contributed by atoms with Crippen LogP contribution >= 0.6 is 0 Å². The van der Waals surface area contributed by atoms with Crippen LogP contribution in [-0.4, -0.2) is 27.2 Å². The van der Waals surface area contributed by atoms with E-state index < -0.39 is 0 Å². The van der Waals surface area contributed by atoms with Gasteiger partial charge in [0.1, 0.15) is 5.65 Å². The number of carbonyl (C=O) groups excluding carboxylic acids is 1. The topological polar surface area (TPSA) is 64.3 Å². The number of aromatic nitrogens is 2. The second kappa shape index (κ2) is 7.78. The van der Waals surface area contributed by atoms with Gasteiger partial charge in [0.25, 0.3) is 0 Å². The molecule has 0 spiro atoms. The zero-order valence-corrected chi connectivity index (χ0v) is 12.4. The minimum atomic E-state index is -0.117. The molecule has 0 aliphatic heterocycles. The Morgan fingerprint density at radius 1 is 1.38 bits per heavy atom. The molecule has 0 aromatic carbocycles. The maximum Gasteiger partial charge on any atom is 0.305 e. The maximum absolute atomic E-state index is 11.2. The summed E-state index contributed by atoms with van der Waals surface area (Å²) in [5, 5.41) is 10.4. The quantitative estimate of drug-likeness (QED) is 0.599. The third-order valence-corrected chi connectivity index (χ3v) is 3.47. The molecule has 0 unspecified atom stereocenters. The van der Waals surface area contributed by atoms with E-state index in [0.29, 0.717) is 13.0 Å². The summed E-state index contributed by atoms with van der Waals surface area (Å²) >= 11 is 0. The van der Waals surface area contributed by atoms with Gasteiger partial charge in [-0.1, -0.05) is 6.42 Å². The van der Waals surface area contributed by atoms with Crippen molar-refractivity contribution in [1.29, 1.82) is 0 Å². The van der Waals surface area contributed by atoms with Crippen LogP contribution in [-0.2, 0) is 22.7 Å². The largest absolute Gasteiger partial charge is 0.466 e. The van der Waals surface area contributed by atoms with E-state index in [2.05, 4.69) is 9.55 Å². The van der Waals surface area contributed by atoms with Crippen molar-refractivity contribution in [1.82, 2.24) is 9.55 Å². The van der Waals surface area contributed by atoms with Crippen LogP contribution in [0, 0.1) is 0 Å². The molecular formula is C16H22N2O3. The van der Waals surface area contributed by atoms with Gasteiger partial charge in [-0.05, 0) is 31.9 Å². The average Bonchev–Trinajstić information content (AvgIpc) is 2.85. The van der Waals surface area contributed by atoms with Crippen molar-refractivity contribution in [3.63, 3.8) is 0 Å². The van der Waals surface area contributed by atoms with Crippen molar-refractivity contribution in [2.45, 2.75) is 45.8 Å². The normalized spacial score (nSPS) is 11.0. The van der Waals surface area contributed by atoms with Crippen LogP contribution in [0.2, 0.25) is 0 Å². The molecule has 0 aliphatic rings. The maximum atomic E-state index is 11.2. The van der Waals surface area contributed by atoms with Crippen LogP contribution in [0.3, 0.4) is 0 Å². The lowest BCUT2D eigenvalue weighted by atomic mass is 10.2. The number of hydrogen-bond donors (Lipinski definition) is 1. The molecule has 114 valence electrons. The molecule has 2 aromatic heterocycles. The van der Waals surface area contributed by atoms with Gasteiger partial charge in [-0.25, -0.2) is 4.98 Å². The van der Waals surface area contributed by atoms with Gasteiger partial charge in [0, 0.05) is 36.3 Å². The molecule has 0 aliphatic carbocycles. The summed E-state index contributed by atoms with van der Waals surface area (Å²) in [5.74, 6) is -0.117. The Hall–Kier alpha value is -1.88. The monoisotopic (exact) mass is 290 g/mol. The fourth-order valence-corrected chi connectivity index (χ4v) is 2.45. The van der Waals surface area contributed by atoms with Gasteiger partial charge in [-0.3, -0.25) is 4.79 Å². The highest BCUT2D eigenvalue weighted by molar-refractivity contribution is 5.80. The molecule has 0 amide bonds. The van der Waals surface area contributed by atoms with Crippen molar-refractivity contribution in [2.24, 2.45) is 0 Å². The van der Waals surface area contributed by atoms with Gasteiger partial charge >= 0.3 is 5.97 Å². The predicted molar refractivity (Wildman–Crippen MR) is 80.8 cm³/mol. The number of esters is 1. The number of aliphatic hydroxyl groups excluding tert-OH is 1. The van der Waals surface area contributed by atoms with Crippen molar-refractivity contribution in [3.05, 3.63) is 30.1 Å². The van der Waals surface area contributed by atoms with Gasteiger partial charge in [0.05, 0.1) is 13.2 Å². The van der Waals surface area contributed by atoms with Crippen molar-refractivity contribution >= 4 is 17.0 Å². The summed E-state index contributed by atoms with van der Waals surface area (Å²) in [4.78, 5) is 15.6. The summed E-state index contributed by atoms with van der Waals surface area (Å²) in [7, 11) is 0. The lowest BCUT2D eigenvalue weighted by molar-refractivity contribution is -0.143. The Labute approximate surface area is 124 Å². The number of pyridine rings is 1. The van der Waals surface area contributed by atoms with Crippen molar-refractivity contribution in [3.8, 4) is 0 Å². The Kier molecular flexibility index (Phi) is 5.75. The molecule has 2 heterocycles. The molecule has 0 saturated heterocycles. The smallest absolute Gasteiger partial charge is 0.305 e. The highest BCUT2D eigenvalue weighted by Gasteiger charge is 2.08. The fraction of sp³-hybridized carbons (Fsp3) is 0.500. The number of ether oxygens (including phenoxy) is 1. The molecule has 2 rings (SSSR count). The minimum absolute atomic E-state index is 0.0258. The molecule has 5 nitrogen and oxygen atoms in total. The standard InChI is InChI=1S/C16H22N2O3/c1-2-21-15(20)8-4-3-5-10-18-11-13(12-19)14-7-6-9-17-16(14)18/h6-7,9,11,19H,2-5,8,10,12H2,1H3. The lowest BCUT2D eigenvalue weighted by Gasteiger charge is -2.05. The van der Waals surface area contributed by atoms with E-state index in [9.17, 15) is 9.90 Å². The zero-order valence-electron chi connectivity index (χ0n) is 12.4. The van der Waals surface area contributed by atoms with Gasteiger partial charge in [0.15, 0.2) is 0 Å². The number of unbranched alkanes of at least 4 members (excludes halogenated alkanes) is 2. The number of carbonyl (C=O) groups is 1.